The molecule has 0 atom stereocenters. The lowest BCUT2D eigenvalue weighted by molar-refractivity contribution is 0.422. The molecule has 0 aliphatic rings. The molecule has 0 saturated carbocycles. The summed E-state index contributed by atoms with van der Waals surface area (Å²) in [5.41, 5.74) is 1.17. The Morgan fingerprint density at radius 3 is 2.71 bits per heavy atom. The monoisotopic (exact) mass is 341 g/mol. The van der Waals surface area contributed by atoms with E-state index in [2.05, 4.69) is 48.4 Å². The van der Waals surface area contributed by atoms with Gasteiger partial charge >= 0.3 is 0 Å². The molecule has 0 fully saturated rings. The zero-order chi connectivity index (χ0) is 15.5. The largest absolute Gasteiger partial charge is 0.308 e. The van der Waals surface area contributed by atoms with Crippen LogP contribution in [-0.4, -0.2) is 14.9 Å². The van der Waals surface area contributed by atoms with Crippen LogP contribution in [-0.2, 0) is 13.0 Å². The summed E-state index contributed by atoms with van der Waals surface area (Å²) >= 11 is 9.45. The van der Waals surface area contributed by atoms with E-state index < -0.39 is 0 Å². The fraction of sp³-hybridized carbons (Fsp3) is 0.467. The van der Waals surface area contributed by atoms with E-state index in [4.69, 9.17) is 11.6 Å². The lowest BCUT2D eigenvalue weighted by Gasteiger charge is -2.22. The van der Waals surface area contributed by atoms with Gasteiger partial charge in [-0.05, 0) is 50.0 Å². The van der Waals surface area contributed by atoms with Gasteiger partial charge in [0.25, 0.3) is 0 Å². The molecule has 0 saturated heterocycles. The molecule has 0 bridgehead atoms. The van der Waals surface area contributed by atoms with Crippen molar-refractivity contribution in [3.8, 4) is 0 Å². The standard InChI is InChI=1S/C15H20ClN3S2/c1-5-13-18-14(21-19-13)20-12-8-6-7-11(16)10(12)9-17-15(2,3)4/h6-8,17H,5,9H2,1-4H3. The molecule has 0 aliphatic heterocycles. The summed E-state index contributed by atoms with van der Waals surface area (Å²) in [6, 6.07) is 6.00. The fourth-order valence-electron chi connectivity index (χ4n) is 1.68. The van der Waals surface area contributed by atoms with E-state index in [9.17, 15) is 0 Å². The average Bonchev–Trinajstić information content (AvgIpc) is 2.84. The zero-order valence-corrected chi connectivity index (χ0v) is 15.1. The van der Waals surface area contributed by atoms with Crippen molar-refractivity contribution in [3.05, 3.63) is 34.6 Å². The topological polar surface area (TPSA) is 37.8 Å². The van der Waals surface area contributed by atoms with Gasteiger partial charge in [0.2, 0.25) is 0 Å². The maximum Gasteiger partial charge on any atom is 0.174 e. The van der Waals surface area contributed by atoms with Crippen LogP contribution < -0.4 is 5.32 Å². The summed E-state index contributed by atoms with van der Waals surface area (Å²) in [7, 11) is 0. The van der Waals surface area contributed by atoms with Gasteiger partial charge in [0.15, 0.2) is 4.34 Å². The van der Waals surface area contributed by atoms with Gasteiger partial charge in [-0.15, -0.1) is 0 Å². The first-order valence-electron chi connectivity index (χ1n) is 6.92. The molecule has 6 heteroatoms. The highest BCUT2D eigenvalue weighted by Crippen LogP contribution is 2.34. The van der Waals surface area contributed by atoms with E-state index in [0.717, 1.165) is 38.6 Å². The predicted molar refractivity (Wildman–Crippen MR) is 91.5 cm³/mol. The second kappa shape index (κ2) is 7.09. The molecule has 2 aromatic rings. The Bertz CT molecular complexity index is 605. The molecule has 1 aromatic heterocycles. The number of hydrogen-bond acceptors (Lipinski definition) is 5. The van der Waals surface area contributed by atoms with Crippen LogP contribution in [0.4, 0.5) is 0 Å². The highest BCUT2D eigenvalue weighted by molar-refractivity contribution is 8.01. The Balaban J connectivity index is 2.20. The minimum absolute atomic E-state index is 0.0548. The summed E-state index contributed by atoms with van der Waals surface area (Å²) in [4.78, 5) is 5.65. The third-order valence-corrected chi connectivity index (χ3v) is 5.08. The molecule has 0 unspecified atom stereocenters. The van der Waals surface area contributed by atoms with Gasteiger partial charge in [-0.3, -0.25) is 0 Å². The molecular weight excluding hydrogens is 322 g/mol. The van der Waals surface area contributed by atoms with Crippen molar-refractivity contribution >= 4 is 34.9 Å². The Morgan fingerprint density at radius 1 is 1.33 bits per heavy atom. The van der Waals surface area contributed by atoms with Gasteiger partial charge in [0.1, 0.15) is 5.82 Å². The maximum atomic E-state index is 6.37. The van der Waals surface area contributed by atoms with E-state index in [1.807, 2.05) is 12.1 Å². The smallest absolute Gasteiger partial charge is 0.174 e. The first kappa shape index (κ1) is 16.7. The van der Waals surface area contributed by atoms with E-state index in [1.165, 1.54) is 11.5 Å². The SMILES string of the molecule is CCc1nsc(Sc2cccc(Cl)c2CNC(C)(C)C)n1. The van der Waals surface area contributed by atoms with Crippen LogP contribution in [0.5, 0.6) is 0 Å². The molecule has 1 aromatic carbocycles. The molecule has 21 heavy (non-hydrogen) atoms. The first-order valence-corrected chi connectivity index (χ1v) is 8.88. The summed E-state index contributed by atoms with van der Waals surface area (Å²) in [5.74, 6) is 0.902. The molecule has 0 aliphatic carbocycles. The fourth-order valence-corrected chi connectivity index (χ4v) is 3.79. The zero-order valence-electron chi connectivity index (χ0n) is 12.7. The molecule has 2 rings (SSSR count). The lowest BCUT2D eigenvalue weighted by atomic mass is 10.1. The Hall–Kier alpha value is -0.620. The number of nitrogens with zero attached hydrogens (tertiary/aromatic N) is 2. The third kappa shape index (κ3) is 4.95. The summed E-state index contributed by atoms with van der Waals surface area (Å²) in [5, 5.41) is 4.28. The number of aryl methyl sites for hydroxylation is 1. The molecule has 3 nitrogen and oxygen atoms in total. The minimum Gasteiger partial charge on any atom is -0.308 e. The van der Waals surface area contributed by atoms with Crippen LogP contribution in [0.2, 0.25) is 5.02 Å². The Morgan fingerprint density at radius 2 is 2.10 bits per heavy atom. The maximum absolute atomic E-state index is 6.37. The molecule has 1 N–H and O–H groups in total. The highest BCUT2D eigenvalue weighted by Gasteiger charge is 2.14. The summed E-state index contributed by atoms with van der Waals surface area (Å²) in [6.07, 6.45) is 0.866. The number of rotatable bonds is 5. The number of hydrogen-bond donors (Lipinski definition) is 1. The van der Waals surface area contributed by atoms with Crippen molar-refractivity contribution < 1.29 is 0 Å². The molecule has 1 heterocycles. The van der Waals surface area contributed by atoms with Crippen molar-refractivity contribution in [3.63, 3.8) is 0 Å². The van der Waals surface area contributed by atoms with E-state index in [-0.39, 0.29) is 5.54 Å². The van der Waals surface area contributed by atoms with Gasteiger partial charge in [-0.25, -0.2) is 4.98 Å². The van der Waals surface area contributed by atoms with E-state index in [0.29, 0.717) is 0 Å². The number of nitrogens with one attached hydrogen (secondary N) is 1. The molecule has 114 valence electrons. The van der Waals surface area contributed by atoms with Crippen molar-refractivity contribution in [2.24, 2.45) is 0 Å². The van der Waals surface area contributed by atoms with Crippen LogP contribution in [0.1, 0.15) is 39.1 Å². The Labute approximate surface area is 139 Å². The van der Waals surface area contributed by atoms with Crippen LogP contribution in [0.3, 0.4) is 0 Å². The van der Waals surface area contributed by atoms with E-state index >= 15 is 0 Å². The average molecular weight is 342 g/mol. The van der Waals surface area contributed by atoms with Gasteiger partial charge in [0.05, 0.1) is 0 Å². The van der Waals surface area contributed by atoms with Crippen LogP contribution >= 0.6 is 34.9 Å². The number of aromatic nitrogens is 2. The minimum atomic E-state index is 0.0548. The quantitative estimate of drug-likeness (QED) is 0.848. The number of halogens is 1. The molecular formula is C15H20ClN3S2. The summed E-state index contributed by atoms with van der Waals surface area (Å²) < 4.78 is 5.29. The molecule has 0 radical (unpaired) electrons. The van der Waals surface area contributed by atoms with Gasteiger partial charge in [0, 0.05) is 28.4 Å². The lowest BCUT2D eigenvalue weighted by Crippen LogP contribution is -2.35. The van der Waals surface area contributed by atoms with Gasteiger partial charge < -0.3 is 5.32 Å². The van der Waals surface area contributed by atoms with E-state index in [1.54, 1.807) is 11.8 Å². The highest BCUT2D eigenvalue weighted by atomic mass is 35.5. The van der Waals surface area contributed by atoms with Crippen LogP contribution in [0.15, 0.2) is 27.4 Å². The summed E-state index contributed by atoms with van der Waals surface area (Å²) in [6.45, 7) is 9.25. The normalized spacial score (nSPS) is 11.9. The predicted octanol–water partition coefficient (Wildman–Crippen LogP) is 4.79. The third-order valence-electron chi connectivity index (χ3n) is 2.83. The van der Waals surface area contributed by atoms with Crippen molar-refractivity contribution in [1.82, 2.24) is 14.7 Å². The van der Waals surface area contributed by atoms with Crippen molar-refractivity contribution in [1.29, 1.82) is 0 Å². The molecule has 0 spiro atoms. The Kier molecular flexibility index (Phi) is 5.66. The van der Waals surface area contributed by atoms with Gasteiger partial charge in [-0.2, -0.15) is 4.37 Å². The van der Waals surface area contributed by atoms with Crippen LogP contribution in [0.25, 0.3) is 0 Å². The van der Waals surface area contributed by atoms with Crippen LogP contribution in [0, 0.1) is 0 Å². The molecule has 0 amide bonds. The van der Waals surface area contributed by atoms with Crippen molar-refractivity contribution in [2.75, 3.05) is 0 Å². The first-order chi connectivity index (χ1) is 9.89. The van der Waals surface area contributed by atoms with Crippen molar-refractivity contribution in [2.45, 2.75) is 55.4 Å². The number of benzene rings is 1. The second-order valence-electron chi connectivity index (χ2n) is 5.75. The van der Waals surface area contributed by atoms with Gasteiger partial charge in [-0.1, -0.05) is 36.4 Å². The second-order valence-corrected chi connectivity index (χ2v) is 8.20.